The topological polar surface area (TPSA) is 48.2 Å². The van der Waals surface area contributed by atoms with Gasteiger partial charge in [0.25, 0.3) is 0 Å². The second-order valence-electron chi connectivity index (χ2n) is 2.13. The first-order valence-corrected chi connectivity index (χ1v) is 4.75. The van der Waals surface area contributed by atoms with Gasteiger partial charge in [0.15, 0.2) is 10.0 Å². The molecular weight excluding hydrogens is 195 g/mol. The highest BCUT2D eigenvalue weighted by atomic mass is 32.2. The van der Waals surface area contributed by atoms with Crippen LogP contribution in [0.4, 0.5) is 13.2 Å². The molecule has 0 saturated heterocycles. The maximum absolute atomic E-state index is 11.6. The minimum absolute atomic E-state index is 0.293. The number of halogens is 3. The highest BCUT2D eigenvalue weighted by molar-refractivity contribution is 7.94. The quantitative estimate of drug-likeness (QED) is 0.657. The normalized spacial score (nSPS) is 13.3. The molecule has 7 heteroatoms. The molecule has 0 spiro atoms. The lowest BCUT2D eigenvalue weighted by Crippen LogP contribution is -2.22. The van der Waals surface area contributed by atoms with Gasteiger partial charge in [0, 0.05) is 0 Å². The van der Waals surface area contributed by atoms with Crippen LogP contribution in [0.3, 0.4) is 0 Å². The van der Waals surface area contributed by atoms with Crippen molar-refractivity contribution in [2.24, 2.45) is 0 Å². The molecule has 0 amide bonds. The molecule has 0 aromatic rings. The summed E-state index contributed by atoms with van der Waals surface area (Å²) in [6.07, 6.45) is 0.951. The van der Waals surface area contributed by atoms with Crippen LogP contribution in [-0.4, -0.2) is 20.5 Å². The third-order valence-corrected chi connectivity index (χ3v) is 2.17. The van der Waals surface area contributed by atoms with Crippen molar-refractivity contribution in [2.75, 3.05) is 6.54 Å². The molecule has 0 rings (SSSR count). The van der Waals surface area contributed by atoms with E-state index < -0.39 is 15.5 Å². The largest absolute Gasteiger partial charge is 0.541 e. The zero-order valence-electron chi connectivity index (χ0n) is 6.43. The van der Waals surface area contributed by atoms with E-state index in [-0.39, 0.29) is 6.54 Å². The van der Waals surface area contributed by atoms with E-state index in [0.717, 1.165) is 0 Å². The molecule has 3 nitrogen and oxygen atoms in total. The van der Waals surface area contributed by atoms with Crippen molar-refractivity contribution in [2.45, 2.75) is 25.3 Å². The molecular formula is C5H9F3NO2S-. The molecule has 0 unspecified atom stereocenters. The third kappa shape index (κ3) is 3.40. The number of hydrogen-bond donors (Lipinski definition) is 0. The van der Waals surface area contributed by atoms with Gasteiger partial charge < -0.3 is 4.72 Å². The van der Waals surface area contributed by atoms with Crippen LogP contribution in [0.25, 0.3) is 4.72 Å². The van der Waals surface area contributed by atoms with E-state index in [9.17, 15) is 21.6 Å². The molecule has 0 atom stereocenters. The Hall–Kier alpha value is -0.300. The van der Waals surface area contributed by atoms with Crippen molar-refractivity contribution in [1.82, 2.24) is 0 Å². The summed E-state index contributed by atoms with van der Waals surface area (Å²) in [6.45, 7) is 1.44. The fourth-order valence-electron chi connectivity index (χ4n) is 0.416. The van der Waals surface area contributed by atoms with Crippen molar-refractivity contribution < 1.29 is 21.6 Å². The summed E-state index contributed by atoms with van der Waals surface area (Å²) in [5, 5.41) is 0. The Kier molecular flexibility index (Phi) is 3.98. The predicted molar refractivity (Wildman–Crippen MR) is 38.1 cm³/mol. The van der Waals surface area contributed by atoms with E-state index in [1.807, 2.05) is 0 Å². The molecule has 0 N–H and O–H groups in total. The minimum Gasteiger partial charge on any atom is -0.541 e. The first kappa shape index (κ1) is 11.7. The fourth-order valence-corrected chi connectivity index (χ4v) is 0.932. The second kappa shape index (κ2) is 4.08. The van der Waals surface area contributed by atoms with Gasteiger partial charge in [-0.2, -0.15) is 13.2 Å². The molecule has 0 aliphatic rings. The highest BCUT2D eigenvalue weighted by Gasteiger charge is 2.38. The Bertz CT molecular complexity index is 221. The van der Waals surface area contributed by atoms with Gasteiger partial charge >= 0.3 is 5.51 Å². The van der Waals surface area contributed by atoms with Gasteiger partial charge in [0.1, 0.15) is 0 Å². The van der Waals surface area contributed by atoms with Gasteiger partial charge in [-0.3, -0.25) is 0 Å². The number of nitrogens with zero attached hydrogens (tertiary/aromatic N) is 1. The third-order valence-electron chi connectivity index (χ3n) is 1.07. The lowest BCUT2D eigenvalue weighted by molar-refractivity contribution is -0.0427. The zero-order chi connectivity index (χ0) is 9.83. The summed E-state index contributed by atoms with van der Waals surface area (Å²) in [5.41, 5.74) is -5.25. The van der Waals surface area contributed by atoms with Crippen molar-refractivity contribution in [1.29, 1.82) is 0 Å². The average molecular weight is 204 g/mol. The SMILES string of the molecule is CCCC[N-]S(=O)(=O)C(F)(F)F. The van der Waals surface area contributed by atoms with Gasteiger partial charge in [0.05, 0.1) is 0 Å². The van der Waals surface area contributed by atoms with Crippen molar-refractivity contribution >= 4 is 10.0 Å². The van der Waals surface area contributed by atoms with E-state index in [2.05, 4.69) is 4.72 Å². The number of alkyl halides is 3. The number of hydrogen-bond acceptors (Lipinski definition) is 2. The number of sulfonamides is 1. The van der Waals surface area contributed by atoms with Crippen LogP contribution in [-0.2, 0) is 10.0 Å². The molecule has 0 aliphatic heterocycles. The molecule has 0 radical (unpaired) electrons. The highest BCUT2D eigenvalue weighted by Crippen LogP contribution is 2.27. The molecule has 0 aliphatic carbocycles. The maximum Gasteiger partial charge on any atom is 0.480 e. The summed E-state index contributed by atoms with van der Waals surface area (Å²) in [4.78, 5) is 0. The first-order valence-electron chi connectivity index (χ1n) is 3.31. The molecule has 0 aromatic carbocycles. The van der Waals surface area contributed by atoms with Gasteiger partial charge in [-0.05, 0) is 0 Å². The van der Waals surface area contributed by atoms with Gasteiger partial charge in [-0.25, -0.2) is 8.42 Å². The number of unbranched alkanes of at least 4 members (excludes halogenated alkanes) is 1. The second-order valence-corrected chi connectivity index (χ2v) is 3.80. The molecule has 0 saturated carbocycles. The van der Waals surface area contributed by atoms with E-state index in [1.165, 1.54) is 0 Å². The van der Waals surface area contributed by atoms with Gasteiger partial charge in [-0.15, -0.1) is 6.54 Å². The standard InChI is InChI=1S/C5H9F3NO2S/c1-2-3-4-9-12(10,11)5(6,7)8/h2-4H2,1H3/q-1. The minimum atomic E-state index is -5.25. The van der Waals surface area contributed by atoms with Crippen molar-refractivity contribution in [3.05, 3.63) is 4.72 Å². The Balaban J connectivity index is 4.08. The predicted octanol–water partition coefficient (Wildman–Crippen LogP) is 2.01. The van der Waals surface area contributed by atoms with Crippen LogP contribution in [0.5, 0.6) is 0 Å². The molecule has 0 heterocycles. The van der Waals surface area contributed by atoms with Crippen LogP contribution in [0.1, 0.15) is 19.8 Å². The number of rotatable bonds is 4. The fraction of sp³-hybridized carbons (Fsp3) is 1.00. The monoisotopic (exact) mass is 204 g/mol. The first-order chi connectivity index (χ1) is 5.31. The smallest absolute Gasteiger partial charge is 0.480 e. The van der Waals surface area contributed by atoms with Crippen LogP contribution in [0.2, 0.25) is 0 Å². The summed E-state index contributed by atoms with van der Waals surface area (Å²) < 4.78 is 57.8. The summed E-state index contributed by atoms with van der Waals surface area (Å²) in [5.74, 6) is 0. The lowest BCUT2D eigenvalue weighted by atomic mass is 10.3. The molecule has 0 aromatic heterocycles. The van der Waals surface area contributed by atoms with Gasteiger partial charge in [-0.1, -0.05) is 19.8 Å². The van der Waals surface area contributed by atoms with Crippen LogP contribution < -0.4 is 0 Å². The Morgan fingerprint density at radius 1 is 1.33 bits per heavy atom. The Labute approximate surface area is 69.0 Å². The molecule has 74 valence electrons. The molecule has 0 fully saturated rings. The van der Waals surface area contributed by atoms with E-state index in [4.69, 9.17) is 0 Å². The maximum atomic E-state index is 11.6. The Morgan fingerprint density at radius 3 is 2.17 bits per heavy atom. The van der Waals surface area contributed by atoms with Crippen molar-refractivity contribution in [3.63, 3.8) is 0 Å². The molecule has 12 heavy (non-hydrogen) atoms. The van der Waals surface area contributed by atoms with Crippen molar-refractivity contribution in [3.8, 4) is 0 Å². The lowest BCUT2D eigenvalue weighted by Gasteiger charge is -2.20. The zero-order valence-corrected chi connectivity index (χ0v) is 7.24. The van der Waals surface area contributed by atoms with Crippen LogP contribution in [0.15, 0.2) is 0 Å². The Morgan fingerprint density at radius 2 is 1.83 bits per heavy atom. The summed E-state index contributed by atoms with van der Waals surface area (Å²) in [7, 11) is -5.24. The van der Waals surface area contributed by atoms with Crippen LogP contribution >= 0.6 is 0 Å². The summed E-state index contributed by atoms with van der Waals surface area (Å²) >= 11 is 0. The van der Waals surface area contributed by atoms with E-state index >= 15 is 0 Å². The summed E-state index contributed by atoms with van der Waals surface area (Å²) in [6, 6.07) is 0. The van der Waals surface area contributed by atoms with Gasteiger partial charge in [0.2, 0.25) is 0 Å². The molecule has 0 bridgehead atoms. The van der Waals surface area contributed by atoms with E-state index in [0.29, 0.717) is 12.8 Å². The van der Waals surface area contributed by atoms with E-state index in [1.54, 1.807) is 6.92 Å². The average Bonchev–Trinajstić information content (AvgIpc) is 1.85. The van der Waals surface area contributed by atoms with Crippen LogP contribution in [0, 0.1) is 0 Å².